The normalized spacial score (nSPS) is 28.8. The van der Waals surface area contributed by atoms with E-state index in [4.69, 9.17) is 9.47 Å². The Bertz CT molecular complexity index is 936. The zero-order chi connectivity index (χ0) is 27.4. The Morgan fingerprint density at radius 3 is 2.27 bits per heavy atom. The van der Waals surface area contributed by atoms with Crippen molar-refractivity contribution in [3.8, 4) is 0 Å². The van der Waals surface area contributed by atoms with Gasteiger partial charge < -0.3 is 35.6 Å². The molecule has 208 valence electrons. The summed E-state index contributed by atoms with van der Waals surface area (Å²) in [5.41, 5.74) is -1.79. The van der Waals surface area contributed by atoms with Gasteiger partial charge in [0.05, 0.1) is 37.6 Å². The molecule has 2 fully saturated rings. The lowest BCUT2D eigenvalue weighted by Gasteiger charge is -2.38. The topological polar surface area (TPSA) is 155 Å². The smallest absolute Gasteiger partial charge is 0.434 e. The molecule has 2 aliphatic rings. The van der Waals surface area contributed by atoms with Crippen molar-refractivity contribution >= 4 is 17.8 Å². The maximum Gasteiger partial charge on any atom is 0.434 e. The number of carbonyl (C=O) groups excluding carboxylic acids is 2. The number of alkyl halides is 3. The molecule has 0 spiro atoms. The van der Waals surface area contributed by atoms with Gasteiger partial charge in [0.2, 0.25) is 5.91 Å². The number of carbonyl (C=O) groups is 2. The number of rotatable bonds is 6. The van der Waals surface area contributed by atoms with Gasteiger partial charge >= 0.3 is 12.3 Å². The maximum atomic E-state index is 12.8. The Morgan fingerprint density at radius 1 is 1.05 bits per heavy atom. The number of anilines is 1. The van der Waals surface area contributed by atoms with Crippen molar-refractivity contribution in [3.05, 3.63) is 18.1 Å². The van der Waals surface area contributed by atoms with Crippen LogP contribution in [0.1, 0.15) is 58.6 Å². The summed E-state index contributed by atoms with van der Waals surface area (Å²) in [5, 5.41) is 29.2. The van der Waals surface area contributed by atoms with Crippen LogP contribution in [0.3, 0.4) is 0 Å². The molecular weight excluding hydrogens is 499 g/mol. The van der Waals surface area contributed by atoms with E-state index in [-0.39, 0.29) is 36.8 Å². The van der Waals surface area contributed by atoms with Crippen LogP contribution in [-0.4, -0.2) is 80.8 Å². The highest BCUT2D eigenvalue weighted by molar-refractivity contribution is 5.77. The largest absolute Gasteiger partial charge is 0.444 e. The van der Waals surface area contributed by atoms with Crippen LogP contribution in [-0.2, 0) is 20.4 Å². The Hall–Kier alpha value is -2.71. The minimum atomic E-state index is -4.68. The van der Waals surface area contributed by atoms with Gasteiger partial charge in [-0.25, -0.2) is 9.78 Å². The van der Waals surface area contributed by atoms with Gasteiger partial charge in [0, 0.05) is 12.1 Å². The predicted octanol–water partition coefficient (Wildman–Crippen LogP) is 1.74. The molecule has 1 aliphatic heterocycles. The average Bonchev–Trinajstić information content (AvgIpc) is 2.78. The van der Waals surface area contributed by atoms with Gasteiger partial charge in [-0.2, -0.15) is 13.2 Å². The van der Waals surface area contributed by atoms with E-state index in [9.17, 15) is 33.0 Å². The Balaban J connectivity index is 1.42. The van der Waals surface area contributed by atoms with Crippen LogP contribution in [0, 0.1) is 0 Å². The number of hydrogen-bond acceptors (Lipinski definition) is 9. The van der Waals surface area contributed by atoms with Crippen LogP contribution in [0.5, 0.6) is 0 Å². The van der Waals surface area contributed by atoms with E-state index in [1.165, 1.54) is 0 Å². The number of ether oxygens (including phenoxy) is 2. The molecule has 1 aromatic heterocycles. The molecule has 0 aromatic carbocycles. The summed E-state index contributed by atoms with van der Waals surface area (Å²) in [4.78, 5) is 31.4. The molecule has 0 bridgehead atoms. The van der Waals surface area contributed by atoms with Gasteiger partial charge in [-0.1, -0.05) is 0 Å². The third-order valence-electron chi connectivity index (χ3n) is 6.09. The van der Waals surface area contributed by atoms with E-state index in [1.807, 2.05) is 0 Å². The first-order chi connectivity index (χ1) is 17.2. The molecule has 1 aliphatic carbocycles. The highest BCUT2D eigenvalue weighted by Crippen LogP contribution is 2.28. The molecule has 37 heavy (non-hydrogen) atoms. The summed E-state index contributed by atoms with van der Waals surface area (Å²) in [5.74, 6) is -0.599. The van der Waals surface area contributed by atoms with Crippen LogP contribution in [0.4, 0.5) is 23.8 Å². The molecule has 14 heteroatoms. The zero-order valence-corrected chi connectivity index (χ0v) is 20.9. The second-order valence-electron chi connectivity index (χ2n) is 10.4. The third-order valence-corrected chi connectivity index (χ3v) is 6.09. The first kappa shape index (κ1) is 28.9. The van der Waals surface area contributed by atoms with E-state index in [1.54, 1.807) is 20.8 Å². The molecule has 3 rings (SSSR count). The van der Waals surface area contributed by atoms with Gasteiger partial charge in [-0.15, -0.1) is 0 Å². The molecule has 2 heterocycles. The van der Waals surface area contributed by atoms with Gasteiger partial charge in [-0.3, -0.25) is 9.78 Å². The molecule has 11 nitrogen and oxygen atoms in total. The molecule has 2 amide bonds. The SMILES string of the molecule is CC(C)(C)OC(=O)NC1CCC(NC(=O)C[C@H]2OC[C@H](Nc3cncc(C(F)(F)F)n3)[C@@H](O)[C@H]2O)CC1. The summed E-state index contributed by atoms with van der Waals surface area (Å²) in [6, 6.07) is -1.11. The van der Waals surface area contributed by atoms with Crippen LogP contribution in [0.15, 0.2) is 12.4 Å². The molecule has 1 saturated carbocycles. The summed E-state index contributed by atoms with van der Waals surface area (Å²) < 4.78 is 49.3. The van der Waals surface area contributed by atoms with E-state index in [0.717, 1.165) is 6.20 Å². The van der Waals surface area contributed by atoms with Gasteiger partial charge in [0.1, 0.15) is 23.6 Å². The Morgan fingerprint density at radius 2 is 1.68 bits per heavy atom. The van der Waals surface area contributed by atoms with Crippen molar-refractivity contribution in [2.75, 3.05) is 11.9 Å². The standard InChI is InChI=1S/C23H34F3N5O6/c1-22(2,3)37-21(35)29-13-6-4-12(5-7-13)28-18(32)8-15-20(34)19(33)14(11-36-15)30-17-10-27-9-16(31-17)23(24,25)26/h9-10,12-15,19-20,33-34H,4-8,11H2,1-3H3,(H,28,32)(H,29,35)(H,30,31)/t12?,13?,14-,15+,19+,20-/m0/s1. The van der Waals surface area contributed by atoms with Crippen molar-refractivity contribution in [3.63, 3.8) is 0 Å². The van der Waals surface area contributed by atoms with Crippen molar-refractivity contribution in [1.29, 1.82) is 0 Å². The molecule has 1 saturated heterocycles. The third kappa shape index (κ3) is 8.68. The van der Waals surface area contributed by atoms with E-state index >= 15 is 0 Å². The lowest BCUT2D eigenvalue weighted by Crippen LogP contribution is -2.57. The van der Waals surface area contributed by atoms with Crippen LogP contribution in [0.25, 0.3) is 0 Å². The highest BCUT2D eigenvalue weighted by Gasteiger charge is 2.40. The number of aliphatic hydroxyl groups is 2. The number of nitrogens with one attached hydrogen (secondary N) is 3. The number of halogens is 3. The average molecular weight is 534 g/mol. The van der Waals surface area contributed by atoms with Crippen LogP contribution < -0.4 is 16.0 Å². The Kier molecular flexibility index (Phi) is 9.18. The summed E-state index contributed by atoms with van der Waals surface area (Å²) in [7, 11) is 0. The lowest BCUT2D eigenvalue weighted by atomic mass is 9.90. The fourth-order valence-corrected chi connectivity index (χ4v) is 4.28. The number of alkyl carbamates (subject to hydrolysis) is 1. The maximum absolute atomic E-state index is 12.8. The van der Waals surface area contributed by atoms with Crippen molar-refractivity contribution < 1.29 is 42.4 Å². The number of nitrogens with zero attached hydrogens (tertiary/aromatic N) is 2. The fraction of sp³-hybridized carbons (Fsp3) is 0.739. The molecule has 5 N–H and O–H groups in total. The zero-order valence-electron chi connectivity index (χ0n) is 20.9. The van der Waals surface area contributed by atoms with E-state index < -0.39 is 47.9 Å². The minimum absolute atomic E-state index is 0.0485. The molecule has 0 unspecified atom stereocenters. The second kappa shape index (κ2) is 11.8. The predicted molar refractivity (Wildman–Crippen MR) is 124 cm³/mol. The van der Waals surface area contributed by atoms with Crippen molar-refractivity contribution in [2.45, 2.75) is 101 Å². The highest BCUT2D eigenvalue weighted by atomic mass is 19.4. The van der Waals surface area contributed by atoms with Crippen molar-refractivity contribution in [2.24, 2.45) is 0 Å². The number of aromatic nitrogens is 2. The molecular formula is C23H34F3N5O6. The van der Waals surface area contributed by atoms with E-state index in [0.29, 0.717) is 31.9 Å². The van der Waals surface area contributed by atoms with Crippen LogP contribution in [0.2, 0.25) is 0 Å². The molecule has 4 atom stereocenters. The first-order valence-corrected chi connectivity index (χ1v) is 12.1. The summed E-state index contributed by atoms with van der Waals surface area (Å²) in [6.45, 7) is 5.18. The quantitative estimate of drug-likeness (QED) is 0.368. The molecule has 1 aromatic rings. The van der Waals surface area contributed by atoms with E-state index in [2.05, 4.69) is 25.9 Å². The lowest BCUT2D eigenvalue weighted by molar-refractivity contribution is -0.152. The second-order valence-corrected chi connectivity index (χ2v) is 10.4. The monoisotopic (exact) mass is 533 g/mol. The van der Waals surface area contributed by atoms with Crippen molar-refractivity contribution in [1.82, 2.24) is 20.6 Å². The van der Waals surface area contributed by atoms with Gasteiger partial charge in [-0.05, 0) is 46.5 Å². The van der Waals surface area contributed by atoms with Crippen LogP contribution >= 0.6 is 0 Å². The first-order valence-electron chi connectivity index (χ1n) is 12.1. The summed E-state index contributed by atoms with van der Waals surface area (Å²) >= 11 is 0. The summed E-state index contributed by atoms with van der Waals surface area (Å²) in [6.07, 6.45) is -4.97. The fourth-order valence-electron chi connectivity index (χ4n) is 4.28. The Labute approximate surface area is 212 Å². The molecule has 0 radical (unpaired) electrons. The number of hydrogen-bond donors (Lipinski definition) is 5. The number of amides is 2. The van der Waals surface area contributed by atoms with Gasteiger partial charge in [0.25, 0.3) is 0 Å². The number of aliphatic hydroxyl groups excluding tert-OH is 2. The van der Waals surface area contributed by atoms with Gasteiger partial charge in [0.15, 0.2) is 5.69 Å². The minimum Gasteiger partial charge on any atom is -0.444 e.